The van der Waals surface area contributed by atoms with Gasteiger partial charge in [0.05, 0.1) is 12.5 Å². The van der Waals surface area contributed by atoms with Crippen molar-refractivity contribution >= 4 is 27.5 Å². The van der Waals surface area contributed by atoms with E-state index >= 15 is 0 Å². The Bertz CT molecular complexity index is 1110. The summed E-state index contributed by atoms with van der Waals surface area (Å²) in [5, 5.41) is 0.621. The lowest BCUT2D eigenvalue weighted by atomic mass is 10.0. The Morgan fingerprint density at radius 1 is 1.31 bits per heavy atom. The highest BCUT2D eigenvalue weighted by Gasteiger charge is 2.21. The molecule has 0 saturated heterocycles. The summed E-state index contributed by atoms with van der Waals surface area (Å²) in [5.74, 6) is 1.13. The molecule has 0 saturated carbocycles. The van der Waals surface area contributed by atoms with Gasteiger partial charge in [-0.1, -0.05) is 18.6 Å². The first-order valence-corrected chi connectivity index (χ1v) is 10.6. The van der Waals surface area contributed by atoms with Gasteiger partial charge in [-0.15, -0.1) is 11.3 Å². The summed E-state index contributed by atoms with van der Waals surface area (Å²) in [5.41, 5.74) is 8.10. The molecule has 3 aromatic rings. The fourth-order valence-electron chi connectivity index (χ4n) is 3.63. The minimum absolute atomic E-state index is 0.0640. The third-order valence-corrected chi connectivity index (χ3v) is 5.97. The number of thiophene rings is 1. The third kappa shape index (κ3) is 4.19. The summed E-state index contributed by atoms with van der Waals surface area (Å²) < 4.78 is 7.29. The van der Waals surface area contributed by atoms with Crippen LogP contribution in [0.2, 0.25) is 0 Å². The van der Waals surface area contributed by atoms with Gasteiger partial charge >= 0.3 is 0 Å². The van der Waals surface area contributed by atoms with E-state index < -0.39 is 0 Å². The van der Waals surface area contributed by atoms with Crippen LogP contribution >= 0.6 is 11.3 Å². The number of hydrogen-bond donors (Lipinski definition) is 1. The molecule has 0 atom stereocenters. The first-order chi connectivity index (χ1) is 13.9. The SMILES string of the molecule is CCCc1nc2sc(C)c(-c3cc(C)ccc3OC)c2c(=O)n1CCCC(N)=O. The predicted octanol–water partition coefficient (Wildman–Crippen LogP) is 3.97. The number of primary amides is 1. The van der Waals surface area contributed by atoms with Gasteiger partial charge in [0.15, 0.2) is 0 Å². The minimum Gasteiger partial charge on any atom is -0.496 e. The minimum atomic E-state index is -0.360. The van der Waals surface area contributed by atoms with Crippen molar-refractivity contribution in [2.75, 3.05) is 7.11 Å². The second-order valence-corrected chi connectivity index (χ2v) is 8.43. The lowest BCUT2D eigenvalue weighted by Gasteiger charge is -2.13. The topological polar surface area (TPSA) is 87.2 Å². The standard InChI is InChI=1S/C22H27N3O3S/c1-5-7-18-24-21-20(22(27)25(18)11-6-8-17(23)26)19(14(3)29-21)15-12-13(2)9-10-16(15)28-4/h9-10,12H,5-8,11H2,1-4H3,(H2,23,26). The number of hydrogen-bond acceptors (Lipinski definition) is 5. The Labute approximate surface area is 174 Å². The molecule has 154 valence electrons. The van der Waals surface area contributed by atoms with E-state index in [1.807, 2.05) is 32.0 Å². The van der Waals surface area contributed by atoms with E-state index in [9.17, 15) is 9.59 Å². The maximum Gasteiger partial charge on any atom is 0.262 e. The van der Waals surface area contributed by atoms with Crippen molar-refractivity contribution < 1.29 is 9.53 Å². The maximum absolute atomic E-state index is 13.6. The molecule has 3 rings (SSSR count). The van der Waals surface area contributed by atoms with Gasteiger partial charge in [0.2, 0.25) is 5.91 Å². The second-order valence-electron chi connectivity index (χ2n) is 7.22. The number of methoxy groups -OCH3 is 1. The van der Waals surface area contributed by atoms with Crippen LogP contribution in [0.1, 0.15) is 42.5 Å². The summed E-state index contributed by atoms with van der Waals surface area (Å²) in [4.78, 5) is 31.3. The summed E-state index contributed by atoms with van der Waals surface area (Å²) in [6, 6.07) is 5.97. The highest BCUT2D eigenvalue weighted by molar-refractivity contribution is 7.19. The van der Waals surface area contributed by atoms with Gasteiger partial charge in [0, 0.05) is 35.4 Å². The van der Waals surface area contributed by atoms with Crippen LogP contribution in [0.4, 0.5) is 0 Å². The van der Waals surface area contributed by atoms with E-state index in [-0.39, 0.29) is 17.9 Å². The first-order valence-electron chi connectivity index (χ1n) is 9.83. The van der Waals surface area contributed by atoms with Crippen LogP contribution in [0.25, 0.3) is 21.3 Å². The molecule has 0 fully saturated rings. The average molecular weight is 414 g/mol. The molecule has 2 heterocycles. The summed E-state index contributed by atoms with van der Waals surface area (Å²) >= 11 is 1.54. The Balaban J connectivity index is 2.26. The van der Waals surface area contributed by atoms with Crippen LogP contribution in [0.3, 0.4) is 0 Å². The zero-order valence-corrected chi connectivity index (χ0v) is 18.2. The van der Waals surface area contributed by atoms with Gasteiger partial charge in [0.25, 0.3) is 5.56 Å². The van der Waals surface area contributed by atoms with Crippen LogP contribution < -0.4 is 16.0 Å². The smallest absolute Gasteiger partial charge is 0.262 e. The number of nitrogens with zero attached hydrogens (tertiary/aromatic N) is 2. The van der Waals surface area contributed by atoms with Crippen molar-refractivity contribution in [1.29, 1.82) is 0 Å². The highest BCUT2D eigenvalue weighted by Crippen LogP contribution is 2.40. The molecule has 0 bridgehead atoms. The van der Waals surface area contributed by atoms with E-state index in [2.05, 4.69) is 6.92 Å². The van der Waals surface area contributed by atoms with Gasteiger partial charge in [-0.3, -0.25) is 14.2 Å². The van der Waals surface area contributed by atoms with Crippen molar-refractivity contribution in [1.82, 2.24) is 9.55 Å². The van der Waals surface area contributed by atoms with Crippen molar-refractivity contribution in [2.24, 2.45) is 5.73 Å². The van der Waals surface area contributed by atoms with Crippen LogP contribution in [-0.2, 0) is 17.8 Å². The highest BCUT2D eigenvalue weighted by atomic mass is 32.1. The van der Waals surface area contributed by atoms with Crippen molar-refractivity contribution in [3.63, 3.8) is 0 Å². The third-order valence-electron chi connectivity index (χ3n) is 4.97. The van der Waals surface area contributed by atoms with Crippen molar-refractivity contribution in [3.05, 3.63) is 44.8 Å². The van der Waals surface area contributed by atoms with E-state index in [4.69, 9.17) is 15.5 Å². The normalized spacial score (nSPS) is 11.2. The van der Waals surface area contributed by atoms with Gasteiger partial charge in [-0.2, -0.15) is 0 Å². The number of carbonyl (C=O) groups excluding carboxylic acids is 1. The molecule has 2 aromatic heterocycles. The van der Waals surface area contributed by atoms with Gasteiger partial charge in [0.1, 0.15) is 16.4 Å². The first kappa shape index (κ1) is 21.0. The van der Waals surface area contributed by atoms with Crippen LogP contribution in [-0.4, -0.2) is 22.6 Å². The molecular weight excluding hydrogens is 386 g/mol. The lowest BCUT2D eigenvalue weighted by Crippen LogP contribution is -2.26. The Kier molecular flexibility index (Phi) is 6.37. The predicted molar refractivity (Wildman–Crippen MR) is 118 cm³/mol. The van der Waals surface area contributed by atoms with Crippen molar-refractivity contribution in [2.45, 2.75) is 53.0 Å². The molecule has 0 aliphatic carbocycles. The van der Waals surface area contributed by atoms with E-state index in [1.54, 1.807) is 11.7 Å². The molecule has 7 heteroatoms. The average Bonchev–Trinajstić information content (AvgIpc) is 3.00. The number of ether oxygens (including phenoxy) is 1. The fourth-order valence-corrected chi connectivity index (χ4v) is 4.68. The van der Waals surface area contributed by atoms with Crippen LogP contribution in [0.15, 0.2) is 23.0 Å². The number of carbonyl (C=O) groups is 1. The maximum atomic E-state index is 13.6. The van der Waals surface area contributed by atoms with Gasteiger partial charge in [-0.25, -0.2) is 4.98 Å². The van der Waals surface area contributed by atoms with Crippen molar-refractivity contribution in [3.8, 4) is 16.9 Å². The molecule has 0 aliphatic rings. The zero-order valence-electron chi connectivity index (χ0n) is 17.4. The fraction of sp³-hybridized carbons (Fsp3) is 0.409. The molecule has 1 amide bonds. The van der Waals surface area contributed by atoms with E-state index in [1.165, 1.54) is 11.3 Å². The number of aromatic nitrogens is 2. The molecular formula is C22H27N3O3S. The van der Waals surface area contributed by atoms with Crippen LogP contribution in [0.5, 0.6) is 5.75 Å². The van der Waals surface area contributed by atoms with E-state index in [0.717, 1.165) is 44.4 Å². The molecule has 0 aliphatic heterocycles. The van der Waals surface area contributed by atoms with Gasteiger partial charge < -0.3 is 10.5 Å². The number of aryl methyl sites for hydroxylation is 3. The zero-order chi connectivity index (χ0) is 21.1. The number of fused-ring (bicyclic) bond motifs is 1. The monoisotopic (exact) mass is 413 g/mol. The largest absolute Gasteiger partial charge is 0.496 e. The molecule has 29 heavy (non-hydrogen) atoms. The van der Waals surface area contributed by atoms with Crippen LogP contribution in [0, 0.1) is 13.8 Å². The number of amides is 1. The number of benzene rings is 1. The molecule has 0 spiro atoms. The summed E-state index contributed by atoms with van der Waals surface area (Å²) in [7, 11) is 1.64. The Morgan fingerprint density at radius 2 is 2.07 bits per heavy atom. The second kappa shape index (κ2) is 8.78. The lowest BCUT2D eigenvalue weighted by molar-refractivity contribution is -0.118. The molecule has 6 nitrogen and oxygen atoms in total. The molecule has 1 aromatic carbocycles. The number of nitrogens with two attached hydrogens (primary N) is 1. The Morgan fingerprint density at radius 3 is 2.72 bits per heavy atom. The summed E-state index contributed by atoms with van der Waals surface area (Å²) in [6.07, 6.45) is 2.36. The Hall–Kier alpha value is -2.67. The van der Waals surface area contributed by atoms with E-state index in [0.29, 0.717) is 24.8 Å². The molecule has 0 unspecified atom stereocenters. The molecule has 0 radical (unpaired) electrons. The quantitative estimate of drug-likeness (QED) is 0.605. The molecule has 2 N–H and O–H groups in total. The van der Waals surface area contributed by atoms with Gasteiger partial charge in [-0.05, 0) is 38.8 Å². The number of rotatable bonds is 8. The summed E-state index contributed by atoms with van der Waals surface area (Å²) in [6.45, 7) is 6.53.